The fourth-order valence-electron chi connectivity index (χ4n) is 8.55. The first-order chi connectivity index (χ1) is 25.8. The lowest BCUT2D eigenvalue weighted by molar-refractivity contribution is 0.668. The Labute approximate surface area is 296 Å². The summed E-state index contributed by atoms with van der Waals surface area (Å²) in [5.74, 6) is 0. The van der Waals surface area contributed by atoms with Gasteiger partial charge in [0.05, 0.1) is 22.1 Å². The summed E-state index contributed by atoms with van der Waals surface area (Å²) in [6.45, 7) is 0. The van der Waals surface area contributed by atoms with Gasteiger partial charge in [0.2, 0.25) is 0 Å². The molecule has 4 nitrogen and oxygen atoms in total. The first-order valence-electron chi connectivity index (χ1n) is 17.7. The van der Waals surface area contributed by atoms with E-state index < -0.39 is 0 Å². The molecule has 12 aromatic rings. The van der Waals surface area contributed by atoms with Gasteiger partial charge in [-0.25, -0.2) is 0 Å². The van der Waals surface area contributed by atoms with Crippen LogP contribution >= 0.6 is 0 Å². The summed E-state index contributed by atoms with van der Waals surface area (Å²) in [5.41, 5.74) is 12.9. The predicted molar refractivity (Wildman–Crippen MR) is 215 cm³/mol. The van der Waals surface area contributed by atoms with Gasteiger partial charge in [-0.3, -0.25) is 0 Å². The molecule has 4 heterocycles. The third-order valence-electron chi connectivity index (χ3n) is 10.9. The van der Waals surface area contributed by atoms with Crippen LogP contribution in [0.3, 0.4) is 0 Å². The van der Waals surface area contributed by atoms with Gasteiger partial charge in [0.15, 0.2) is 0 Å². The molecule has 12 rings (SSSR count). The Kier molecular flexibility index (Phi) is 5.47. The average Bonchev–Trinajstić information content (AvgIpc) is 3.94. The minimum atomic E-state index is 0.898. The molecule has 0 saturated carbocycles. The zero-order chi connectivity index (χ0) is 33.9. The number of fused-ring (bicyclic) bond motifs is 12. The molecule has 0 radical (unpaired) electrons. The molecule has 0 N–H and O–H groups in total. The SMILES string of the molecule is c1ccc2c(c1)oc1ccc(-c3ccc(-n4c5ccccc5c5cc6c7ccccc7n(-c7ccc8oc9ccccc9c8c7)c6cc54)cc3)cc12. The van der Waals surface area contributed by atoms with Crippen molar-refractivity contribution in [2.24, 2.45) is 0 Å². The van der Waals surface area contributed by atoms with E-state index in [9.17, 15) is 0 Å². The smallest absolute Gasteiger partial charge is 0.135 e. The molecular weight excluding hydrogens is 637 g/mol. The minimum Gasteiger partial charge on any atom is -0.456 e. The molecule has 52 heavy (non-hydrogen) atoms. The highest BCUT2D eigenvalue weighted by atomic mass is 16.3. The van der Waals surface area contributed by atoms with Crippen molar-refractivity contribution in [3.05, 3.63) is 170 Å². The molecule has 4 aromatic heterocycles. The van der Waals surface area contributed by atoms with Crippen LogP contribution in [0.2, 0.25) is 0 Å². The maximum absolute atomic E-state index is 6.21. The standard InChI is InChI=1S/C48H28N2O2/c1-5-13-41-33(9-1)37-27-38-34-10-2-6-14-42(34)50(32-22-24-48-40(26-32)36-12-4-8-16-46(36)52-48)44(38)28-43(37)49(41)31-20-17-29(18-21-31)30-19-23-47-39(25-30)35-11-3-7-15-45(35)51-47/h1-28H. The van der Waals surface area contributed by atoms with Crippen molar-refractivity contribution in [3.63, 3.8) is 0 Å². The molecule has 4 heteroatoms. The predicted octanol–water partition coefficient (Wildman–Crippen LogP) is 13.3. The Morgan fingerprint density at radius 2 is 0.731 bits per heavy atom. The summed E-state index contributed by atoms with van der Waals surface area (Å²) in [5, 5.41) is 9.48. The van der Waals surface area contributed by atoms with Crippen LogP contribution in [-0.2, 0) is 0 Å². The molecule has 0 atom stereocenters. The molecule has 0 fully saturated rings. The summed E-state index contributed by atoms with van der Waals surface area (Å²) >= 11 is 0. The van der Waals surface area contributed by atoms with Crippen LogP contribution in [0.1, 0.15) is 0 Å². The third-order valence-corrected chi connectivity index (χ3v) is 10.9. The van der Waals surface area contributed by atoms with Crippen LogP contribution in [0.5, 0.6) is 0 Å². The number of nitrogens with zero attached hydrogens (tertiary/aromatic N) is 2. The topological polar surface area (TPSA) is 36.1 Å². The van der Waals surface area contributed by atoms with E-state index in [2.05, 4.69) is 155 Å². The summed E-state index contributed by atoms with van der Waals surface area (Å²) in [6, 6.07) is 60.8. The van der Waals surface area contributed by atoms with Gasteiger partial charge in [-0.15, -0.1) is 0 Å². The first-order valence-corrected chi connectivity index (χ1v) is 17.7. The van der Waals surface area contributed by atoms with Gasteiger partial charge >= 0.3 is 0 Å². The monoisotopic (exact) mass is 664 g/mol. The molecular formula is C48H28N2O2. The number of para-hydroxylation sites is 4. The van der Waals surface area contributed by atoms with E-state index in [1.165, 1.54) is 54.7 Å². The zero-order valence-electron chi connectivity index (χ0n) is 27.9. The fourth-order valence-corrected chi connectivity index (χ4v) is 8.55. The summed E-state index contributed by atoms with van der Waals surface area (Å²) in [7, 11) is 0. The third kappa shape index (κ3) is 3.81. The second-order valence-corrected chi connectivity index (χ2v) is 13.7. The van der Waals surface area contributed by atoms with Gasteiger partial charge in [-0.05, 0) is 90.0 Å². The van der Waals surface area contributed by atoms with Crippen LogP contribution in [0.25, 0.3) is 110 Å². The van der Waals surface area contributed by atoms with Crippen molar-refractivity contribution >= 4 is 87.5 Å². The van der Waals surface area contributed by atoms with Crippen molar-refractivity contribution in [1.29, 1.82) is 0 Å². The van der Waals surface area contributed by atoms with Crippen LogP contribution in [0.15, 0.2) is 179 Å². The van der Waals surface area contributed by atoms with Crippen molar-refractivity contribution in [2.75, 3.05) is 0 Å². The Bertz CT molecular complexity index is 3410. The zero-order valence-corrected chi connectivity index (χ0v) is 27.9. The Morgan fingerprint density at radius 1 is 0.269 bits per heavy atom. The van der Waals surface area contributed by atoms with Crippen molar-refractivity contribution in [1.82, 2.24) is 9.13 Å². The molecule has 0 aliphatic heterocycles. The number of furan rings is 2. The number of benzene rings is 8. The van der Waals surface area contributed by atoms with Gasteiger partial charge in [-0.1, -0.05) is 91.0 Å². The van der Waals surface area contributed by atoms with Gasteiger partial charge < -0.3 is 18.0 Å². The fraction of sp³-hybridized carbons (Fsp3) is 0. The van der Waals surface area contributed by atoms with E-state index in [1.54, 1.807) is 0 Å². The largest absolute Gasteiger partial charge is 0.456 e. The highest BCUT2D eigenvalue weighted by Crippen LogP contribution is 2.41. The maximum atomic E-state index is 6.21. The highest BCUT2D eigenvalue weighted by molar-refractivity contribution is 6.19. The molecule has 0 saturated heterocycles. The molecule has 0 unspecified atom stereocenters. The summed E-state index contributed by atoms with van der Waals surface area (Å²) < 4.78 is 17.1. The van der Waals surface area contributed by atoms with E-state index in [4.69, 9.17) is 8.83 Å². The van der Waals surface area contributed by atoms with E-state index in [1.807, 2.05) is 24.3 Å². The van der Waals surface area contributed by atoms with E-state index >= 15 is 0 Å². The molecule has 0 amide bonds. The average molecular weight is 665 g/mol. The number of hydrogen-bond donors (Lipinski definition) is 0. The van der Waals surface area contributed by atoms with Crippen molar-refractivity contribution in [3.8, 4) is 22.5 Å². The van der Waals surface area contributed by atoms with E-state index in [0.717, 1.165) is 55.3 Å². The minimum absolute atomic E-state index is 0.898. The van der Waals surface area contributed by atoms with Crippen LogP contribution < -0.4 is 0 Å². The molecule has 0 bridgehead atoms. The molecule has 0 spiro atoms. The van der Waals surface area contributed by atoms with Crippen molar-refractivity contribution in [2.45, 2.75) is 0 Å². The lowest BCUT2D eigenvalue weighted by Crippen LogP contribution is -1.96. The number of hydrogen-bond acceptors (Lipinski definition) is 2. The number of aromatic nitrogens is 2. The van der Waals surface area contributed by atoms with Gasteiger partial charge in [0.25, 0.3) is 0 Å². The second kappa shape index (κ2) is 10.3. The second-order valence-electron chi connectivity index (χ2n) is 13.7. The van der Waals surface area contributed by atoms with Gasteiger partial charge in [-0.2, -0.15) is 0 Å². The van der Waals surface area contributed by atoms with Crippen LogP contribution in [-0.4, -0.2) is 9.13 Å². The van der Waals surface area contributed by atoms with Gasteiger partial charge in [0.1, 0.15) is 22.3 Å². The summed E-state index contributed by atoms with van der Waals surface area (Å²) in [6.07, 6.45) is 0. The molecule has 0 aliphatic carbocycles. The van der Waals surface area contributed by atoms with Crippen molar-refractivity contribution < 1.29 is 8.83 Å². The lowest BCUT2D eigenvalue weighted by atomic mass is 10.0. The quantitative estimate of drug-likeness (QED) is 0.188. The molecule has 242 valence electrons. The normalized spacial score (nSPS) is 12.2. The Hall–Kier alpha value is -7.04. The Balaban J connectivity index is 1.07. The highest BCUT2D eigenvalue weighted by Gasteiger charge is 2.19. The number of rotatable bonds is 3. The lowest BCUT2D eigenvalue weighted by Gasteiger charge is -2.11. The summed E-state index contributed by atoms with van der Waals surface area (Å²) in [4.78, 5) is 0. The van der Waals surface area contributed by atoms with E-state index in [0.29, 0.717) is 0 Å². The molecule has 0 aliphatic rings. The molecule has 8 aromatic carbocycles. The first kappa shape index (κ1) is 27.7. The van der Waals surface area contributed by atoms with Crippen LogP contribution in [0, 0.1) is 0 Å². The van der Waals surface area contributed by atoms with E-state index in [-0.39, 0.29) is 0 Å². The Morgan fingerprint density at radius 3 is 1.37 bits per heavy atom. The van der Waals surface area contributed by atoms with Crippen LogP contribution in [0.4, 0.5) is 0 Å². The van der Waals surface area contributed by atoms with Gasteiger partial charge in [0, 0.05) is 54.5 Å². The maximum Gasteiger partial charge on any atom is 0.135 e.